The average Bonchev–Trinajstić information content (AvgIpc) is 3.90. The summed E-state index contributed by atoms with van der Waals surface area (Å²) in [5.74, 6) is 0. The summed E-state index contributed by atoms with van der Waals surface area (Å²) in [6, 6.07) is 76.0. The van der Waals surface area contributed by atoms with E-state index in [1.807, 2.05) is 22.7 Å². The molecule has 12 rings (SSSR count). The van der Waals surface area contributed by atoms with Crippen molar-refractivity contribution >= 4 is 92.4 Å². The van der Waals surface area contributed by atoms with Gasteiger partial charge in [0, 0.05) is 46.2 Å². The molecule has 0 saturated carbocycles. The SMILES string of the molecule is C1=c2c(sc3ccccc23)=C(c2ccc(N(c3ccccc3)c3ccc(-c4ccc(-c5ccc6sc7ccc(-c8ccccc8)cc7c6c5)cc4)c4ccccc34)cc2)CC1. The van der Waals surface area contributed by atoms with E-state index in [-0.39, 0.29) is 0 Å². The summed E-state index contributed by atoms with van der Waals surface area (Å²) in [4.78, 5) is 2.41. The summed E-state index contributed by atoms with van der Waals surface area (Å²) in [7, 11) is 0. The Hall–Kier alpha value is -7.04. The molecule has 0 bridgehead atoms. The molecule has 288 valence electrons. The van der Waals surface area contributed by atoms with Crippen molar-refractivity contribution in [2.24, 2.45) is 0 Å². The van der Waals surface area contributed by atoms with E-state index in [0.717, 1.165) is 29.9 Å². The van der Waals surface area contributed by atoms with Gasteiger partial charge in [-0.05, 0) is 134 Å². The van der Waals surface area contributed by atoms with E-state index in [0.29, 0.717) is 0 Å². The van der Waals surface area contributed by atoms with Gasteiger partial charge in [0.1, 0.15) is 0 Å². The summed E-state index contributed by atoms with van der Waals surface area (Å²) in [6.45, 7) is 0. The van der Waals surface area contributed by atoms with Crippen LogP contribution in [0, 0.1) is 0 Å². The molecule has 0 N–H and O–H groups in total. The summed E-state index contributed by atoms with van der Waals surface area (Å²) in [5, 5.41) is 7.87. The van der Waals surface area contributed by atoms with Crippen molar-refractivity contribution in [3.8, 4) is 33.4 Å². The molecule has 0 atom stereocenters. The van der Waals surface area contributed by atoms with Crippen LogP contribution in [0.4, 0.5) is 17.1 Å². The van der Waals surface area contributed by atoms with Crippen LogP contribution < -0.4 is 14.7 Å². The molecule has 1 aliphatic carbocycles. The van der Waals surface area contributed by atoms with E-state index in [2.05, 4.69) is 217 Å². The molecule has 9 aromatic carbocycles. The van der Waals surface area contributed by atoms with E-state index in [1.165, 1.54) is 95.3 Å². The van der Waals surface area contributed by atoms with Crippen molar-refractivity contribution in [1.82, 2.24) is 0 Å². The maximum Gasteiger partial charge on any atom is 0.0540 e. The van der Waals surface area contributed by atoms with Crippen LogP contribution in [0.25, 0.3) is 86.1 Å². The third kappa shape index (κ3) is 6.28. The largest absolute Gasteiger partial charge is 0.310 e. The number of rotatable bonds is 7. The highest BCUT2D eigenvalue weighted by Crippen LogP contribution is 2.43. The number of fused-ring (bicyclic) bond motifs is 7. The van der Waals surface area contributed by atoms with Crippen molar-refractivity contribution in [3.05, 3.63) is 222 Å². The molecule has 2 aromatic heterocycles. The quantitative estimate of drug-likeness (QED) is 0.155. The van der Waals surface area contributed by atoms with Crippen LogP contribution in [0.2, 0.25) is 0 Å². The topological polar surface area (TPSA) is 3.24 Å². The Morgan fingerprint density at radius 2 is 0.902 bits per heavy atom. The van der Waals surface area contributed by atoms with E-state index >= 15 is 0 Å². The van der Waals surface area contributed by atoms with Gasteiger partial charge in [-0.1, -0.05) is 152 Å². The van der Waals surface area contributed by atoms with Gasteiger partial charge in [0.2, 0.25) is 0 Å². The molecule has 1 nitrogen and oxygen atoms in total. The zero-order valence-electron chi connectivity index (χ0n) is 33.4. The first-order valence-corrected chi connectivity index (χ1v) is 22.7. The smallest absolute Gasteiger partial charge is 0.0540 e. The van der Waals surface area contributed by atoms with Crippen LogP contribution in [0.15, 0.2) is 206 Å². The van der Waals surface area contributed by atoms with Crippen LogP contribution in [0.5, 0.6) is 0 Å². The average molecular weight is 814 g/mol. The zero-order valence-corrected chi connectivity index (χ0v) is 35.0. The minimum atomic E-state index is 1.06. The Morgan fingerprint density at radius 3 is 1.62 bits per heavy atom. The van der Waals surface area contributed by atoms with Crippen molar-refractivity contribution in [1.29, 1.82) is 0 Å². The van der Waals surface area contributed by atoms with Gasteiger partial charge < -0.3 is 4.90 Å². The number of benzene rings is 9. The first kappa shape index (κ1) is 35.9. The molecule has 61 heavy (non-hydrogen) atoms. The fourth-order valence-corrected chi connectivity index (χ4v) is 11.8. The summed E-state index contributed by atoms with van der Waals surface area (Å²) in [6.07, 6.45) is 4.56. The number of nitrogens with zero attached hydrogens (tertiary/aromatic N) is 1. The van der Waals surface area contributed by atoms with Gasteiger partial charge in [0.05, 0.1) is 5.69 Å². The molecular weight excluding hydrogens is 775 g/mol. The Morgan fingerprint density at radius 1 is 0.361 bits per heavy atom. The van der Waals surface area contributed by atoms with E-state index < -0.39 is 0 Å². The summed E-state index contributed by atoms with van der Waals surface area (Å²) < 4.78 is 5.43. The monoisotopic (exact) mass is 813 g/mol. The minimum Gasteiger partial charge on any atom is -0.310 e. The summed E-state index contributed by atoms with van der Waals surface area (Å²) >= 11 is 3.80. The summed E-state index contributed by atoms with van der Waals surface area (Å²) in [5.41, 5.74) is 13.6. The molecule has 0 spiro atoms. The Labute approximate surface area is 363 Å². The second-order valence-electron chi connectivity index (χ2n) is 15.9. The van der Waals surface area contributed by atoms with Gasteiger partial charge >= 0.3 is 0 Å². The van der Waals surface area contributed by atoms with Crippen LogP contribution in [-0.2, 0) is 0 Å². The normalized spacial score (nSPS) is 12.6. The number of thiophene rings is 2. The Balaban J connectivity index is 0.905. The second-order valence-corrected chi connectivity index (χ2v) is 18.1. The number of hydrogen-bond acceptors (Lipinski definition) is 3. The molecule has 0 fully saturated rings. The van der Waals surface area contributed by atoms with Crippen LogP contribution in [-0.4, -0.2) is 0 Å². The predicted molar refractivity (Wildman–Crippen MR) is 265 cm³/mol. The molecule has 2 heterocycles. The first-order valence-electron chi connectivity index (χ1n) is 21.0. The van der Waals surface area contributed by atoms with Crippen LogP contribution in [0.3, 0.4) is 0 Å². The first-order chi connectivity index (χ1) is 30.2. The van der Waals surface area contributed by atoms with Crippen molar-refractivity contribution < 1.29 is 0 Å². The number of anilines is 3. The highest BCUT2D eigenvalue weighted by atomic mass is 32.1. The molecule has 0 radical (unpaired) electrons. The molecule has 1 aliphatic rings. The molecule has 11 aromatic rings. The van der Waals surface area contributed by atoms with Crippen molar-refractivity contribution in [2.45, 2.75) is 12.8 Å². The number of hydrogen-bond donors (Lipinski definition) is 0. The number of para-hydroxylation sites is 1. The van der Waals surface area contributed by atoms with Crippen LogP contribution in [0.1, 0.15) is 18.4 Å². The molecule has 3 heteroatoms. The second kappa shape index (κ2) is 14.9. The highest BCUT2D eigenvalue weighted by Gasteiger charge is 2.19. The van der Waals surface area contributed by atoms with Crippen molar-refractivity contribution in [3.63, 3.8) is 0 Å². The van der Waals surface area contributed by atoms with Crippen LogP contribution >= 0.6 is 22.7 Å². The third-order valence-corrected chi connectivity index (χ3v) is 14.8. The lowest BCUT2D eigenvalue weighted by atomic mass is 9.94. The molecule has 0 unspecified atom stereocenters. The predicted octanol–water partition coefficient (Wildman–Crippen LogP) is 15.7. The highest BCUT2D eigenvalue weighted by molar-refractivity contribution is 7.25. The molecule has 0 saturated heterocycles. The van der Waals surface area contributed by atoms with Gasteiger partial charge in [-0.3, -0.25) is 0 Å². The van der Waals surface area contributed by atoms with E-state index in [9.17, 15) is 0 Å². The third-order valence-electron chi connectivity index (χ3n) is 12.4. The fourth-order valence-electron chi connectivity index (χ4n) is 9.40. The standard InChI is InChI=1S/C58H39NS2/c1-3-12-38(13-4-1)42-28-34-56-52(36-42)53-37-43(29-35-57(53)60-56)39-22-24-40(25-23-39)46-32-33-54(49-17-8-7-16-48(46)49)59(44-14-5-2-6-15-44)45-30-26-41(27-31-45)47-19-11-20-51-50-18-9-10-21-55(50)61-58(47)51/h1-10,12-18,20-37H,11,19H2. The van der Waals surface area contributed by atoms with Gasteiger partial charge in [0.25, 0.3) is 0 Å². The minimum absolute atomic E-state index is 1.06. The maximum absolute atomic E-state index is 2.43. The van der Waals surface area contributed by atoms with Gasteiger partial charge in [-0.25, -0.2) is 0 Å². The molecular formula is C58H39NS2. The van der Waals surface area contributed by atoms with E-state index in [4.69, 9.17) is 0 Å². The fraction of sp³-hybridized carbons (Fsp3) is 0.0345. The van der Waals surface area contributed by atoms with E-state index in [1.54, 1.807) is 0 Å². The molecule has 0 amide bonds. The lowest BCUT2D eigenvalue weighted by Gasteiger charge is -2.28. The van der Waals surface area contributed by atoms with Gasteiger partial charge in [-0.2, -0.15) is 0 Å². The van der Waals surface area contributed by atoms with Gasteiger partial charge in [0.15, 0.2) is 0 Å². The van der Waals surface area contributed by atoms with Crippen molar-refractivity contribution in [2.75, 3.05) is 4.90 Å². The Bertz CT molecular complexity index is 3560. The zero-order chi connectivity index (χ0) is 40.3. The lowest BCUT2D eigenvalue weighted by molar-refractivity contribution is 1.09. The lowest BCUT2D eigenvalue weighted by Crippen LogP contribution is -2.25. The Kier molecular flexibility index (Phi) is 8.76. The maximum atomic E-state index is 2.43. The molecule has 0 aliphatic heterocycles. The van der Waals surface area contributed by atoms with Gasteiger partial charge in [-0.15, -0.1) is 22.7 Å².